The standard InChI is InChI=1S/C16H13FN2O2S/c17-12-8-6-11(7-9-12)14-15(16(14,19)10-18)22(20,21)13-4-2-1-3-5-13/h1-9,14-15H,19H2/t14-,15-,16+/m1/s1. The van der Waals surface area contributed by atoms with E-state index in [0.29, 0.717) is 5.56 Å². The summed E-state index contributed by atoms with van der Waals surface area (Å²) in [6, 6.07) is 15.2. The van der Waals surface area contributed by atoms with Crippen molar-refractivity contribution in [1.29, 1.82) is 5.26 Å². The molecule has 0 spiro atoms. The summed E-state index contributed by atoms with van der Waals surface area (Å²) in [6.45, 7) is 0. The van der Waals surface area contributed by atoms with Crippen molar-refractivity contribution in [2.24, 2.45) is 5.73 Å². The summed E-state index contributed by atoms with van der Waals surface area (Å²) < 4.78 is 38.5. The number of sulfone groups is 1. The molecule has 1 aliphatic carbocycles. The highest BCUT2D eigenvalue weighted by Gasteiger charge is 2.70. The van der Waals surface area contributed by atoms with E-state index in [9.17, 15) is 18.1 Å². The topological polar surface area (TPSA) is 83.9 Å². The van der Waals surface area contributed by atoms with Gasteiger partial charge in [-0.3, -0.25) is 0 Å². The van der Waals surface area contributed by atoms with E-state index >= 15 is 0 Å². The molecule has 0 saturated heterocycles. The van der Waals surface area contributed by atoms with Crippen molar-refractivity contribution in [3.63, 3.8) is 0 Å². The number of halogens is 1. The number of benzene rings is 2. The lowest BCUT2D eigenvalue weighted by atomic mass is 10.1. The first-order valence-electron chi connectivity index (χ1n) is 6.66. The third kappa shape index (κ3) is 2.10. The summed E-state index contributed by atoms with van der Waals surface area (Å²) in [4.78, 5) is 0.134. The fourth-order valence-corrected chi connectivity index (χ4v) is 5.03. The SMILES string of the molecule is N#C[C@]1(N)[C@H](c2ccc(F)cc2)[C@H]1S(=O)(=O)c1ccccc1. The first kappa shape index (κ1) is 14.7. The van der Waals surface area contributed by atoms with Crippen molar-refractivity contribution in [3.8, 4) is 6.07 Å². The number of nitriles is 1. The van der Waals surface area contributed by atoms with Gasteiger partial charge in [-0.1, -0.05) is 30.3 Å². The Balaban J connectivity index is 2.04. The van der Waals surface area contributed by atoms with E-state index in [4.69, 9.17) is 5.73 Å². The van der Waals surface area contributed by atoms with Crippen LogP contribution in [0.2, 0.25) is 0 Å². The number of hydrogen-bond acceptors (Lipinski definition) is 4. The maximum atomic E-state index is 13.0. The first-order chi connectivity index (χ1) is 10.4. The van der Waals surface area contributed by atoms with E-state index in [-0.39, 0.29) is 4.90 Å². The van der Waals surface area contributed by atoms with Crippen LogP contribution in [0.3, 0.4) is 0 Å². The molecule has 2 N–H and O–H groups in total. The van der Waals surface area contributed by atoms with Gasteiger partial charge in [-0.15, -0.1) is 0 Å². The molecule has 3 atom stereocenters. The van der Waals surface area contributed by atoms with Gasteiger partial charge in [0.05, 0.1) is 11.0 Å². The second kappa shape index (κ2) is 4.90. The molecule has 1 saturated carbocycles. The third-order valence-corrected chi connectivity index (χ3v) is 6.27. The monoisotopic (exact) mass is 316 g/mol. The Kier molecular flexibility index (Phi) is 3.28. The maximum absolute atomic E-state index is 13.0. The highest BCUT2D eigenvalue weighted by molar-refractivity contribution is 7.92. The summed E-state index contributed by atoms with van der Waals surface area (Å²) in [5.41, 5.74) is 5.05. The molecular formula is C16H13FN2O2S. The highest BCUT2D eigenvalue weighted by atomic mass is 32.2. The zero-order chi connectivity index (χ0) is 16.0. The molecule has 4 nitrogen and oxygen atoms in total. The normalized spacial score (nSPS) is 27.1. The van der Waals surface area contributed by atoms with Gasteiger partial charge in [-0.2, -0.15) is 5.26 Å². The lowest BCUT2D eigenvalue weighted by molar-refractivity contribution is 0.592. The van der Waals surface area contributed by atoms with Crippen LogP contribution in [-0.4, -0.2) is 19.2 Å². The molecule has 0 aliphatic heterocycles. The molecule has 0 unspecified atom stereocenters. The first-order valence-corrected chi connectivity index (χ1v) is 8.20. The smallest absolute Gasteiger partial charge is 0.184 e. The van der Waals surface area contributed by atoms with Crippen LogP contribution in [0.1, 0.15) is 11.5 Å². The maximum Gasteiger partial charge on any atom is 0.184 e. The zero-order valence-corrected chi connectivity index (χ0v) is 12.3. The molecule has 1 aliphatic rings. The Bertz CT molecular complexity index is 844. The fraction of sp³-hybridized carbons (Fsp3) is 0.188. The highest BCUT2D eigenvalue weighted by Crippen LogP contribution is 2.55. The minimum Gasteiger partial charge on any atom is -0.312 e. The number of rotatable bonds is 3. The summed E-state index contributed by atoms with van der Waals surface area (Å²) in [5.74, 6) is -1.09. The molecule has 2 aromatic carbocycles. The van der Waals surface area contributed by atoms with Crippen molar-refractivity contribution in [3.05, 3.63) is 66.0 Å². The van der Waals surface area contributed by atoms with Crippen LogP contribution in [0, 0.1) is 17.1 Å². The summed E-state index contributed by atoms with van der Waals surface area (Å²) in [7, 11) is -3.73. The molecule has 22 heavy (non-hydrogen) atoms. The molecule has 1 fully saturated rings. The van der Waals surface area contributed by atoms with Crippen LogP contribution in [0.4, 0.5) is 4.39 Å². The van der Waals surface area contributed by atoms with Crippen LogP contribution in [-0.2, 0) is 9.84 Å². The van der Waals surface area contributed by atoms with E-state index in [1.54, 1.807) is 18.2 Å². The number of nitrogens with zero attached hydrogens (tertiary/aromatic N) is 1. The van der Waals surface area contributed by atoms with Gasteiger partial charge < -0.3 is 5.73 Å². The molecule has 6 heteroatoms. The fourth-order valence-electron chi connectivity index (χ4n) is 2.82. The molecular weight excluding hydrogens is 303 g/mol. The number of nitrogens with two attached hydrogens (primary N) is 1. The van der Waals surface area contributed by atoms with Crippen molar-refractivity contribution in [2.45, 2.75) is 21.6 Å². The molecule has 3 rings (SSSR count). The van der Waals surface area contributed by atoms with Gasteiger partial charge in [0.25, 0.3) is 0 Å². The van der Waals surface area contributed by atoms with Gasteiger partial charge in [0, 0.05) is 5.92 Å². The van der Waals surface area contributed by atoms with E-state index in [1.165, 1.54) is 36.4 Å². The van der Waals surface area contributed by atoms with Crippen LogP contribution in [0.25, 0.3) is 0 Å². The van der Waals surface area contributed by atoms with Gasteiger partial charge in [0.15, 0.2) is 9.84 Å². The van der Waals surface area contributed by atoms with Crippen molar-refractivity contribution >= 4 is 9.84 Å². The van der Waals surface area contributed by atoms with Crippen molar-refractivity contribution in [2.75, 3.05) is 0 Å². The van der Waals surface area contributed by atoms with E-state index in [0.717, 1.165) is 0 Å². The minimum atomic E-state index is -3.73. The van der Waals surface area contributed by atoms with Crippen LogP contribution in [0.5, 0.6) is 0 Å². The molecule has 0 bridgehead atoms. The molecule has 0 heterocycles. The largest absolute Gasteiger partial charge is 0.312 e. The second-order valence-electron chi connectivity index (χ2n) is 5.35. The molecule has 112 valence electrons. The van der Waals surface area contributed by atoms with Crippen LogP contribution in [0.15, 0.2) is 59.5 Å². The molecule has 0 aromatic heterocycles. The number of hydrogen-bond donors (Lipinski definition) is 1. The average molecular weight is 316 g/mol. The summed E-state index contributed by atoms with van der Waals surface area (Å²) in [5, 5.41) is 8.29. The van der Waals surface area contributed by atoms with Crippen LogP contribution < -0.4 is 5.73 Å². The van der Waals surface area contributed by atoms with Crippen molar-refractivity contribution < 1.29 is 12.8 Å². The molecule has 0 radical (unpaired) electrons. The van der Waals surface area contributed by atoms with Gasteiger partial charge in [-0.05, 0) is 29.8 Å². The Labute approximate surface area is 127 Å². The minimum absolute atomic E-state index is 0.134. The predicted molar refractivity (Wildman–Crippen MR) is 79.1 cm³/mol. The van der Waals surface area contributed by atoms with E-state index in [2.05, 4.69) is 0 Å². The third-order valence-electron chi connectivity index (χ3n) is 4.01. The average Bonchev–Trinajstić information content (AvgIpc) is 3.17. The van der Waals surface area contributed by atoms with E-state index < -0.39 is 32.4 Å². The Morgan fingerprint density at radius 3 is 2.23 bits per heavy atom. The predicted octanol–water partition coefficient (Wildman–Crippen LogP) is 1.99. The second-order valence-corrected chi connectivity index (χ2v) is 7.42. The van der Waals surface area contributed by atoms with Gasteiger partial charge in [0.1, 0.15) is 16.6 Å². The Morgan fingerprint density at radius 1 is 1.09 bits per heavy atom. The Hall–Kier alpha value is -2.23. The lowest BCUT2D eigenvalue weighted by Gasteiger charge is -2.04. The van der Waals surface area contributed by atoms with Gasteiger partial charge >= 0.3 is 0 Å². The lowest BCUT2D eigenvalue weighted by Crippen LogP contribution is -2.29. The molecule has 2 aromatic rings. The quantitative estimate of drug-likeness (QED) is 0.938. The molecule has 0 amide bonds. The summed E-state index contributed by atoms with van der Waals surface area (Å²) in [6.07, 6.45) is 0. The van der Waals surface area contributed by atoms with Crippen LogP contribution >= 0.6 is 0 Å². The summed E-state index contributed by atoms with van der Waals surface area (Å²) >= 11 is 0. The van der Waals surface area contributed by atoms with Gasteiger partial charge in [0.2, 0.25) is 0 Å². The Morgan fingerprint density at radius 2 is 1.68 bits per heavy atom. The van der Waals surface area contributed by atoms with Crippen molar-refractivity contribution in [1.82, 2.24) is 0 Å². The van der Waals surface area contributed by atoms with Gasteiger partial charge in [-0.25, -0.2) is 12.8 Å². The zero-order valence-electron chi connectivity index (χ0n) is 11.5. The van der Waals surface area contributed by atoms with E-state index in [1.807, 2.05) is 6.07 Å².